The van der Waals surface area contributed by atoms with E-state index >= 15 is 0 Å². The Morgan fingerprint density at radius 3 is 2.26 bits per heavy atom. The van der Waals surface area contributed by atoms with E-state index in [1.54, 1.807) is 0 Å². The predicted octanol–water partition coefficient (Wildman–Crippen LogP) is 4.10. The van der Waals surface area contributed by atoms with Crippen molar-refractivity contribution in [3.63, 3.8) is 0 Å². The van der Waals surface area contributed by atoms with Crippen molar-refractivity contribution in [2.75, 3.05) is 20.8 Å². The zero-order chi connectivity index (χ0) is 26.2. The third-order valence-corrected chi connectivity index (χ3v) is 11.2. The van der Waals surface area contributed by atoms with E-state index in [1.165, 1.54) is 30.5 Å². The van der Waals surface area contributed by atoms with Gasteiger partial charge in [0.05, 0.1) is 13.1 Å². The van der Waals surface area contributed by atoms with E-state index < -0.39 is 32.4 Å². The normalized spacial score (nSPS) is 14.0. The number of benzene rings is 2. The van der Waals surface area contributed by atoms with Crippen LogP contribution in [-0.2, 0) is 30.0 Å². The molecule has 2 unspecified atom stereocenters. The number of carboxylic acid groups (broad SMARTS) is 1. The molecule has 2 rings (SSSR count). The Morgan fingerprint density at radius 1 is 1.00 bits per heavy atom. The number of unbranched alkanes of at least 4 members (excludes halogenated alkanes) is 2. The first-order chi connectivity index (χ1) is 16.4. The summed E-state index contributed by atoms with van der Waals surface area (Å²) in [6, 6.07) is 14.8. The molecular weight excluding hydrogens is 462 g/mol. The maximum Gasteiger partial charge on any atom is 0.278 e. The molecule has 0 bridgehead atoms. The molecule has 194 valence electrons. The van der Waals surface area contributed by atoms with Crippen LogP contribution in [0.25, 0.3) is 10.8 Å². The van der Waals surface area contributed by atoms with E-state index in [-0.39, 0.29) is 11.6 Å². The van der Waals surface area contributed by atoms with Gasteiger partial charge in [0, 0.05) is 13.7 Å². The summed E-state index contributed by atoms with van der Waals surface area (Å²) in [5, 5.41) is 15.2. The lowest BCUT2D eigenvalue weighted by molar-refractivity contribution is -0.318. The van der Waals surface area contributed by atoms with E-state index in [1.807, 2.05) is 46.0 Å². The van der Waals surface area contributed by atoms with Crippen LogP contribution in [0.1, 0.15) is 45.6 Å². The van der Waals surface area contributed by atoms with Crippen LogP contribution in [0.4, 0.5) is 0 Å². The first-order valence-electron chi connectivity index (χ1n) is 12.2. The number of aryl methyl sites for hydroxylation is 1. The minimum atomic E-state index is -2.51. The fourth-order valence-corrected chi connectivity index (χ4v) is 4.71. The number of carbonyl (C=O) groups is 2. The molecule has 0 spiro atoms. The Kier molecular flexibility index (Phi) is 10.4. The van der Waals surface area contributed by atoms with Crippen LogP contribution in [-0.4, -0.2) is 58.2 Å². The third kappa shape index (κ3) is 8.13. The maximum absolute atomic E-state index is 12.9. The van der Waals surface area contributed by atoms with Crippen LogP contribution in [0.15, 0.2) is 42.5 Å². The number of rotatable bonds is 13. The standard InChI is InChI=1S/C27H41NO6Si/c1-27(2,3)35(6,7)34-24(26(30)31)23(25(29)28(4)32-5)33-18-12-8-9-13-20-16-17-21-14-10-11-15-22(21)19-20/h10-11,14-17,19,23-24H,8-9,12-13,18H2,1-7H3,(H,30,31)/p-1. The second-order valence-electron chi connectivity index (χ2n) is 10.4. The smallest absolute Gasteiger partial charge is 0.278 e. The summed E-state index contributed by atoms with van der Waals surface area (Å²) in [5.74, 6) is -2.08. The molecule has 0 aliphatic carbocycles. The summed E-state index contributed by atoms with van der Waals surface area (Å²) in [7, 11) is 0.241. The number of carboxylic acids is 1. The number of carbonyl (C=O) groups excluding carboxylic acids is 2. The first-order valence-corrected chi connectivity index (χ1v) is 15.1. The molecule has 1 amide bonds. The van der Waals surface area contributed by atoms with Gasteiger partial charge >= 0.3 is 0 Å². The minimum absolute atomic E-state index is 0.232. The van der Waals surface area contributed by atoms with E-state index in [0.717, 1.165) is 24.3 Å². The average molecular weight is 503 g/mol. The van der Waals surface area contributed by atoms with Crippen LogP contribution in [0.3, 0.4) is 0 Å². The van der Waals surface area contributed by atoms with Crippen LogP contribution in [0.2, 0.25) is 18.1 Å². The molecule has 0 aliphatic heterocycles. The van der Waals surface area contributed by atoms with Gasteiger partial charge in [0.25, 0.3) is 5.91 Å². The minimum Gasteiger partial charge on any atom is -0.547 e. The molecule has 0 aromatic heterocycles. The highest BCUT2D eigenvalue weighted by molar-refractivity contribution is 6.74. The molecule has 0 heterocycles. The van der Waals surface area contributed by atoms with Crippen LogP contribution in [0.5, 0.6) is 0 Å². The summed E-state index contributed by atoms with van der Waals surface area (Å²) in [6.07, 6.45) is 0.609. The Bertz CT molecular complexity index is 987. The number of aliphatic carboxylic acids is 1. The Labute approximate surface area is 210 Å². The van der Waals surface area contributed by atoms with Crippen LogP contribution in [0, 0.1) is 0 Å². The van der Waals surface area contributed by atoms with Gasteiger partial charge in [-0.3, -0.25) is 9.63 Å². The summed E-state index contributed by atoms with van der Waals surface area (Å²) in [4.78, 5) is 29.9. The van der Waals surface area contributed by atoms with Gasteiger partial charge < -0.3 is 19.1 Å². The first kappa shape index (κ1) is 29.0. The Morgan fingerprint density at radius 2 is 1.66 bits per heavy atom. The lowest BCUT2D eigenvalue weighted by Crippen LogP contribution is -2.58. The summed E-state index contributed by atoms with van der Waals surface area (Å²) in [6.45, 7) is 10.1. The second-order valence-corrected chi connectivity index (χ2v) is 15.2. The highest BCUT2D eigenvalue weighted by Crippen LogP contribution is 2.38. The highest BCUT2D eigenvalue weighted by Gasteiger charge is 2.43. The fourth-order valence-electron chi connectivity index (χ4n) is 3.50. The Hall–Kier alpha value is -2.26. The van der Waals surface area contributed by atoms with Gasteiger partial charge in [0.15, 0.2) is 14.4 Å². The van der Waals surface area contributed by atoms with Gasteiger partial charge in [0.1, 0.15) is 6.10 Å². The van der Waals surface area contributed by atoms with E-state index in [9.17, 15) is 14.7 Å². The van der Waals surface area contributed by atoms with E-state index in [2.05, 4.69) is 30.3 Å². The largest absolute Gasteiger partial charge is 0.547 e. The molecule has 8 heteroatoms. The van der Waals surface area contributed by atoms with Crippen molar-refractivity contribution >= 4 is 31.0 Å². The predicted molar refractivity (Wildman–Crippen MR) is 138 cm³/mol. The fraction of sp³-hybridized carbons (Fsp3) is 0.556. The van der Waals surface area contributed by atoms with E-state index in [0.29, 0.717) is 6.42 Å². The van der Waals surface area contributed by atoms with Gasteiger partial charge in [-0.25, -0.2) is 5.06 Å². The van der Waals surface area contributed by atoms with Crippen molar-refractivity contribution < 1.29 is 28.7 Å². The number of hydroxylamine groups is 2. The number of likely N-dealkylation sites (N-methyl/N-ethyl adjacent to an activating group) is 1. The number of hydrogen-bond acceptors (Lipinski definition) is 6. The molecule has 7 nitrogen and oxygen atoms in total. The molecule has 0 fully saturated rings. The van der Waals surface area contributed by atoms with Crippen molar-refractivity contribution in [2.45, 2.75) is 76.8 Å². The monoisotopic (exact) mass is 502 g/mol. The quantitative estimate of drug-likeness (QED) is 0.233. The Balaban J connectivity index is 1.97. The lowest BCUT2D eigenvalue weighted by atomic mass is 10.0. The number of fused-ring (bicyclic) bond motifs is 1. The van der Waals surface area contributed by atoms with E-state index in [4.69, 9.17) is 14.0 Å². The number of hydrogen-bond donors (Lipinski definition) is 0. The van der Waals surface area contributed by atoms with Crippen molar-refractivity contribution in [1.29, 1.82) is 0 Å². The molecule has 35 heavy (non-hydrogen) atoms. The zero-order valence-electron chi connectivity index (χ0n) is 22.1. The van der Waals surface area contributed by atoms with Crippen LogP contribution >= 0.6 is 0 Å². The summed E-state index contributed by atoms with van der Waals surface area (Å²) >= 11 is 0. The topological polar surface area (TPSA) is 88.1 Å². The molecule has 0 aliphatic rings. The van der Waals surface area contributed by atoms with Crippen molar-refractivity contribution in [3.8, 4) is 0 Å². The zero-order valence-corrected chi connectivity index (χ0v) is 23.1. The molecule has 2 aromatic rings. The number of nitrogens with zero attached hydrogens (tertiary/aromatic N) is 1. The van der Waals surface area contributed by atoms with Gasteiger partial charge in [-0.05, 0) is 53.7 Å². The molecule has 0 saturated carbocycles. The second kappa shape index (κ2) is 12.6. The average Bonchev–Trinajstić information content (AvgIpc) is 2.80. The SMILES string of the molecule is CON(C)C(=O)C(OCCCCCc1ccc2ccccc2c1)C(O[Si](C)(C)C(C)(C)C)C(=O)[O-]. The molecule has 0 N–H and O–H groups in total. The molecule has 2 aromatic carbocycles. The van der Waals surface area contributed by atoms with Crippen molar-refractivity contribution in [3.05, 3.63) is 48.0 Å². The maximum atomic E-state index is 12.9. The van der Waals surface area contributed by atoms with Gasteiger partial charge in [-0.1, -0.05) is 69.7 Å². The summed E-state index contributed by atoms with van der Waals surface area (Å²) < 4.78 is 11.9. The molecule has 2 atom stereocenters. The molecule has 0 saturated heterocycles. The third-order valence-electron chi connectivity index (χ3n) is 6.78. The number of amides is 1. The number of ether oxygens (including phenoxy) is 1. The van der Waals surface area contributed by atoms with Gasteiger partial charge in [-0.2, -0.15) is 0 Å². The van der Waals surface area contributed by atoms with Gasteiger partial charge in [0.2, 0.25) is 0 Å². The van der Waals surface area contributed by atoms with Gasteiger partial charge in [-0.15, -0.1) is 0 Å². The highest BCUT2D eigenvalue weighted by atomic mass is 28.4. The molecular formula is C27H40NO6Si-. The van der Waals surface area contributed by atoms with Crippen molar-refractivity contribution in [1.82, 2.24) is 5.06 Å². The van der Waals surface area contributed by atoms with Crippen molar-refractivity contribution in [2.24, 2.45) is 0 Å². The summed E-state index contributed by atoms with van der Waals surface area (Å²) in [5.41, 5.74) is 1.28. The van der Waals surface area contributed by atoms with Crippen LogP contribution < -0.4 is 5.11 Å². The lowest BCUT2D eigenvalue weighted by Gasteiger charge is -2.41. The molecule has 0 radical (unpaired) electrons.